The maximum absolute atomic E-state index is 5.77. The molecule has 1 aliphatic rings. The van der Waals surface area contributed by atoms with E-state index in [0.29, 0.717) is 12.0 Å². The van der Waals surface area contributed by atoms with Crippen LogP contribution in [0.25, 0.3) is 0 Å². The minimum Gasteiger partial charge on any atom is -0.494 e. The van der Waals surface area contributed by atoms with Gasteiger partial charge in [-0.1, -0.05) is 32.4 Å². The van der Waals surface area contributed by atoms with E-state index in [1.807, 2.05) is 0 Å². The van der Waals surface area contributed by atoms with Gasteiger partial charge in [0.1, 0.15) is 5.75 Å². The van der Waals surface area contributed by atoms with Crippen molar-refractivity contribution in [3.8, 4) is 5.75 Å². The lowest BCUT2D eigenvalue weighted by Crippen LogP contribution is -2.32. The van der Waals surface area contributed by atoms with Gasteiger partial charge in [0.25, 0.3) is 0 Å². The highest BCUT2D eigenvalue weighted by atomic mass is 16.5. The summed E-state index contributed by atoms with van der Waals surface area (Å²) in [6.45, 7) is 8.37. The number of rotatable bonds is 4. The fourth-order valence-electron chi connectivity index (χ4n) is 2.75. The van der Waals surface area contributed by atoms with Gasteiger partial charge in [0.05, 0.1) is 6.61 Å². The fraction of sp³-hybridized carbons (Fsp3) is 0.600. The van der Waals surface area contributed by atoms with Gasteiger partial charge in [0.2, 0.25) is 0 Å². The molecule has 0 radical (unpaired) electrons. The molecule has 0 aliphatic carbocycles. The molecule has 1 aliphatic heterocycles. The molecule has 17 heavy (non-hydrogen) atoms. The number of ether oxygens (including phenoxy) is 1. The van der Waals surface area contributed by atoms with Crippen LogP contribution in [0, 0.1) is 0 Å². The first-order valence-corrected chi connectivity index (χ1v) is 6.76. The molecule has 0 bridgehead atoms. The number of fused-ring (bicyclic) bond motifs is 1. The Balaban J connectivity index is 2.38. The highest BCUT2D eigenvalue weighted by Gasteiger charge is 2.26. The topological polar surface area (TPSA) is 21.3 Å². The third-order valence-corrected chi connectivity index (χ3v) is 3.52. The van der Waals surface area contributed by atoms with E-state index in [1.54, 1.807) is 0 Å². The van der Waals surface area contributed by atoms with Crippen molar-refractivity contribution in [3.05, 3.63) is 29.3 Å². The zero-order chi connectivity index (χ0) is 12.3. The summed E-state index contributed by atoms with van der Waals surface area (Å²) in [7, 11) is 0. The summed E-state index contributed by atoms with van der Waals surface area (Å²) in [4.78, 5) is 0. The molecule has 94 valence electrons. The van der Waals surface area contributed by atoms with Gasteiger partial charge in [0, 0.05) is 18.2 Å². The van der Waals surface area contributed by atoms with Crippen molar-refractivity contribution in [2.24, 2.45) is 0 Å². The SMILES string of the molecule is CCCC1NCC(C)c2c(OCC)cccc21. The van der Waals surface area contributed by atoms with Crippen LogP contribution in [0.5, 0.6) is 5.75 Å². The highest BCUT2D eigenvalue weighted by Crippen LogP contribution is 2.38. The van der Waals surface area contributed by atoms with Gasteiger partial charge in [0.15, 0.2) is 0 Å². The first kappa shape index (κ1) is 12.4. The summed E-state index contributed by atoms with van der Waals surface area (Å²) in [5, 5.41) is 3.64. The summed E-state index contributed by atoms with van der Waals surface area (Å²) in [6, 6.07) is 6.98. The van der Waals surface area contributed by atoms with Crippen LogP contribution in [0.3, 0.4) is 0 Å². The van der Waals surface area contributed by atoms with E-state index in [2.05, 4.69) is 44.3 Å². The van der Waals surface area contributed by atoms with Crippen LogP contribution in [0.1, 0.15) is 56.7 Å². The molecular formula is C15H23NO. The van der Waals surface area contributed by atoms with E-state index in [9.17, 15) is 0 Å². The lowest BCUT2D eigenvalue weighted by Gasteiger charge is -2.32. The van der Waals surface area contributed by atoms with Crippen LogP contribution in [-0.2, 0) is 0 Å². The first-order chi connectivity index (χ1) is 8.27. The molecule has 0 fully saturated rings. The number of nitrogens with one attached hydrogen (secondary N) is 1. The molecule has 0 saturated carbocycles. The second-order valence-corrected chi connectivity index (χ2v) is 4.84. The first-order valence-electron chi connectivity index (χ1n) is 6.76. The van der Waals surface area contributed by atoms with Gasteiger partial charge >= 0.3 is 0 Å². The molecule has 2 rings (SSSR count). The molecule has 0 saturated heterocycles. The predicted molar refractivity (Wildman–Crippen MR) is 71.7 cm³/mol. The average Bonchev–Trinajstić information content (AvgIpc) is 2.33. The predicted octanol–water partition coefficient (Wildman–Crippen LogP) is 3.63. The summed E-state index contributed by atoms with van der Waals surface area (Å²) in [5.41, 5.74) is 2.86. The average molecular weight is 233 g/mol. The van der Waals surface area contributed by atoms with Gasteiger partial charge in [-0.3, -0.25) is 0 Å². The summed E-state index contributed by atoms with van der Waals surface area (Å²) >= 11 is 0. The van der Waals surface area contributed by atoms with Crippen molar-refractivity contribution in [2.45, 2.75) is 45.6 Å². The second kappa shape index (κ2) is 5.54. The molecule has 2 atom stereocenters. The van der Waals surface area contributed by atoms with Crippen LogP contribution in [0.15, 0.2) is 18.2 Å². The number of hydrogen-bond donors (Lipinski definition) is 1. The van der Waals surface area contributed by atoms with E-state index in [1.165, 1.54) is 24.0 Å². The van der Waals surface area contributed by atoms with Gasteiger partial charge in [-0.15, -0.1) is 0 Å². The van der Waals surface area contributed by atoms with Crippen LogP contribution in [0.4, 0.5) is 0 Å². The zero-order valence-electron chi connectivity index (χ0n) is 11.1. The maximum atomic E-state index is 5.77. The van der Waals surface area contributed by atoms with Crippen LogP contribution in [0.2, 0.25) is 0 Å². The standard InChI is InChI=1S/C15H23NO/c1-4-7-13-12-8-6-9-14(17-5-2)15(12)11(3)10-16-13/h6,8-9,11,13,16H,4-5,7,10H2,1-3H3. The zero-order valence-corrected chi connectivity index (χ0v) is 11.1. The van der Waals surface area contributed by atoms with Crippen molar-refractivity contribution in [2.75, 3.05) is 13.2 Å². The van der Waals surface area contributed by atoms with E-state index < -0.39 is 0 Å². The Morgan fingerprint density at radius 1 is 1.35 bits per heavy atom. The van der Waals surface area contributed by atoms with E-state index >= 15 is 0 Å². The maximum Gasteiger partial charge on any atom is 0.123 e. The highest BCUT2D eigenvalue weighted by molar-refractivity contribution is 5.46. The normalized spacial score (nSPS) is 23.2. The molecule has 0 amide bonds. The fourth-order valence-corrected chi connectivity index (χ4v) is 2.75. The number of benzene rings is 1. The van der Waals surface area contributed by atoms with Crippen molar-refractivity contribution in [1.29, 1.82) is 0 Å². The van der Waals surface area contributed by atoms with Gasteiger partial charge in [-0.25, -0.2) is 0 Å². The van der Waals surface area contributed by atoms with Crippen molar-refractivity contribution in [1.82, 2.24) is 5.32 Å². The monoisotopic (exact) mass is 233 g/mol. The summed E-state index contributed by atoms with van der Waals surface area (Å²) in [5.74, 6) is 1.63. The van der Waals surface area contributed by atoms with Crippen LogP contribution < -0.4 is 10.1 Å². The Bertz CT molecular complexity index is 375. The van der Waals surface area contributed by atoms with Gasteiger partial charge in [-0.05, 0) is 30.9 Å². The second-order valence-electron chi connectivity index (χ2n) is 4.84. The van der Waals surface area contributed by atoms with Crippen molar-refractivity contribution >= 4 is 0 Å². The molecule has 0 aromatic heterocycles. The molecule has 2 nitrogen and oxygen atoms in total. The quantitative estimate of drug-likeness (QED) is 0.857. The molecule has 2 heteroatoms. The largest absolute Gasteiger partial charge is 0.494 e. The molecular weight excluding hydrogens is 210 g/mol. The third-order valence-electron chi connectivity index (χ3n) is 3.52. The van der Waals surface area contributed by atoms with Crippen LogP contribution >= 0.6 is 0 Å². The Kier molecular flexibility index (Phi) is 4.06. The summed E-state index contributed by atoms with van der Waals surface area (Å²) in [6.07, 6.45) is 2.42. The van der Waals surface area contributed by atoms with E-state index in [0.717, 1.165) is 18.9 Å². The Labute approximate surface area is 104 Å². The molecule has 1 heterocycles. The van der Waals surface area contributed by atoms with Crippen molar-refractivity contribution < 1.29 is 4.74 Å². The molecule has 0 spiro atoms. The molecule has 2 unspecified atom stereocenters. The molecule has 1 N–H and O–H groups in total. The smallest absolute Gasteiger partial charge is 0.123 e. The van der Waals surface area contributed by atoms with Crippen LogP contribution in [-0.4, -0.2) is 13.2 Å². The van der Waals surface area contributed by atoms with Crippen molar-refractivity contribution in [3.63, 3.8) is 0 Å². The Hall–Kier alpha value is -1.02. The molecule has 1 aromatic carbocycles. The lowest BCUT2D eigenvalue weighted by atomic mass is 9.85. The van der Waals surface area contributed by atoms with E-state index in [4.69, 9.17) is 4.74 Å². The Morgan fingerprint density at radius 2 is 2.18 bits per heavy atom. The minimum absolute atomic E-state index is 0.506. The number of hydrogen-bond acceptors (Lipinski definition) is 2. The molecule has 1 aromatic rings. The summed E-state index contributed by atoms with van der Waals surface area (Å²) < 4.78 is 5.77. The minimum atomic E-state index is 0.506. The van der Waals surface area contributed by atoms with Gasteiger partial charge < -0.3 is 10.1 Å². The lowest BCUT2D eigenvalue weighted by molar-refractivity contribution is 0.327. The third kappa shape index (κ3) is 2.47. The Morgan fingerprint density at radius 3 is 2.88 bits per heavy atom. The van der Waals surface area contributed by atoms with E-state index in [-0.39, 0.29) is 0 Å². The van der Waals surface area contributed by atoms with Gasteiger partial charge in [-0.2, -0.15) is 0 Å².